The van der Waals surface area contributed by atoms with E-state index in [2.05, 4.69) is 19.2 Å². The van der Waals surface area contributed by atoms with Crippen LogP contribution < -0.4 is 10.1 Å². The van der Waals surface area contributed by atoms with Gasteiger partial charge in [0.1, 0.15) is 5.75 Å². The molecule has 0 heterocycles. The predicted octanol–water partition coefficient (Wildman–Crippen LogP) is 3.79. The Morgan fingerprint density at radius 2 is 1.89 bits per heavy atom. The van der Waals surface area contributed by atoms with Gasteiger partial charge in [-0.3, -0.25) is 14.5 Å². The van der Waals surface area contributed by atoms with Gasteiger partial charge in [-0.05, 0) is 51.9 Å². The first-order valence-corrected chi connectivity index (χ1v) is 10.3. The molecule has 1 fully saturated rings. The minimum atomic E-state index is -0.218. The molecule has 0 unspecified atom stereocenters. The van der Waals surface area contributed by atoms with Gasteiger partial charge in [-0.1, -0.05) is 30.9 Å². The summed E-state index contributed by atoms with van der Waals surface area (Å²) in [7, 11) is 3.32. The third kappa shape index (κ3) is 6.38. The molecule has 1 aromatic carbocycles. The summed E-state index contributed by atoms with van der Waals surface area (Å²) in [4.78, 5) is 29.1. The fourth-order valence-corrected chi connectivity index (χ4v) is 4.03. The molecule has 28 heavy (non-hydrogen) atoms. The minimum absolute atomic E-state index is 0.0811. The number of carbonyl (C=O) groups excluding carboxylic acids is 2. The number of hydrogen-bond donors (Lipinski definition) is 1. The van der Waals surface area contributed by atoms with E-state index in [-0.39, 0.29) is 30.9 Å². The van der Waals surface area contributed by atoms with Gasteiger partial charge in [0, 0.05) is 17.1 Å². The van der Waals surface area contributed by atoms with Gasteiger partial charge in [0.05, 0.1) is 25.9 Å². The van der Waals surface area contributed by atoms with Crippen LogP contribution in [0.3, 0.4) is 0 Å². The molecular weight excluding hydrogens is 378 g/mol. The van der Waals surface area contributed by atoms with E-state index >= 15 is 0 Å². The van der Waals surface area contributed by atoms with E-state index in [0.29, 0.717) is 22.5 Å². The Hall–Kier alpha value is -1.79. The van der Waals surface area contributed by atoms with Crippen LogP contribution in [0.1, 0.15) is 46.0 Å². The fourth-order valence-electron chi connectivity index (χ4n) is 3.85. The standard InChI is InChI=1S/C21H32ClN3O3/c1-15(2)25(17-8-6-5-7-9-17)21(27)14-24(3)13-20(26)23-18-12-16(22)10-11-19(18)28-4/h10-12,15,17H,5-9,13-14H2,1-4H3,(H,23,26). The smallest absolute Gasteiger partial charge is 0.238 e. The number of anilines is 1. The molecule has 0 atom stereocenters. The SMILES string of the molecule is COc1ccc(Cl)cc1NC(=O)CN(C)CC(=O)N(C(C)C)C1CCCCC1. The Labute approximate surface area is 173 Å². The summed E-state index contributed by atoms with van der Waals surface area (Å²) in [5.74, 6) is 0.405. The van der Waals surface area contributed by atoms with Crippen molar-refractivity contribution < 1.29 is 14.3 Å². The summed E-state index contributed by atoms with van der Waals surface area (Å²) in [6, 6.07) is 5.53. The lowest BCUT2D eigenvalue weighted by atomic mass is 9.93. The van der Waals surface area contributed by atoms with Crippen molar-refractivity contribution in [2.75, 3.05) is 32.6 Å². The number of benzene rings is 1. The van der Waals surface area contributed by atoms with Crippen LogP contribution in [0.5, 0.6) is 5.75 Å². The summed E-state index contributed by atoms with van der Waals surface area (Å²) in [6.07, 6.45) is 5.76. The number of hydrogen-bond acceptors (Lipinski definition) is 4. The number of halogens is 1. The van der Waals surface area contributed by atoms with Gasteiger partial charge in [-0.25, -0.2) is 0 Å². The zero-order valence-electron chi connectivity index (χ0n) is 17.3. The number of likely N-dealkylation sites (N-methyl/N-ethyl adjacent to an activating group) is 1. The van der Waals surface area contributed by atoms with E-state index < -0.39 is 0 Å². The third-order valence-electron chi connectivity index (χ3n) is 5.07. The van der Waals surface area contributed by atoms with Crippen LogP contribution in [0.15, 0.2) is 18.2 Å². The molecule has 1 aliphatic carbocycles. The van der Waals surface area contributed by atoms with Gasteiger partial charge in [0.15, 0.2) is 0 Å². The highest BCUT2D eigenvalue weighted by molar-refractivity contribution is 6.31. The number of nitrogens with one attached hydrogen (secondary N) is 1. The highest BCUT2D eigenvalue weighted by Gasteiger charge is 2.28. The van der Waals surface area contributed by atoms with Crippen LogP contribution in [-0.2, 0) is 9.59 Å². The maximum Gasteiger partial charge on any atom is 0.238 e. The van der Waals surface area contributed by atoms with E-state index in [1.165, 1.54) is 26.4 Å². The lowest BCUT2D eigenvalue weighted by Crippen LogP contribution is -2.49. The zero-order valence-corrected chi connectivity index (χ0v) is 18.1. The number of carbonyl (C=O) groups is 2. The van der Waals surface area contributed by atoms with Gasteiger partial charge < -0.3 is 15.0 Å². The lowest BCUT2D eigenvalue weighted by Gasteiger charge is -2.38. The first kappa shape index (κ1) is 22.5. The number of nitrogens with zero attached hydrogens (tertiary/aromatic N) is 2. The van der Waals surface area contributed by atoms with Crippen LogP contribution in [-0.4, -0.2) is 60.9 Å². The lowest BCUT2D eigenvalue weighted by molar-refractivity contribution is -0.137. The Kier molecular flexibility index (Phi) is 8.58. The average molecular weight is 410 g/mol. The van der Waals surface area contributed by atoms with E-state index in [1.807, 2.05) is 4.90 Å². The highest BCUT2D eigenvalue weighted by Crippen LogP contribution is 2.27. The first-order chi connectivity index (χ1) is 13.3. The molecule has 0 radical (unpaired) electrons. The normalized spacial score (nSPS) is 15.0. The second kappa shape index (κ2) is 10.7. The topological polar surface area (TPSA) is 61.9 Å². The van der Waals surface area contributed by atoms with Crippen LogP contribution >= 0.6 is 11.6 Å². The van der Waals surface area contributed by atoms with E-state index in [0.717, 1.165) is 12.8 Å². The minimum Gasteiger partial charge on any atom is -0.495 e. The molecule has 1 saturated carbocycles. The van der Waals surface area contributed by atoms with Crippen molar-refractivity contribution in [3.63, 3.8) is 0 Å². The van der Waals surface area contributed by atoms with Crippen molar-refractivity contribution in [3.05, 3.63) is 23.2 Å². The van der Waals surface area contributed by atoms with Crippen molar-refractivity contribution in [2.45, 2.75) is 58.0 Å². The molecule has 0 aliphatic heterocycles. The molecule has 0 spiro atoms. The third-order valence-corrected chi connectivity index (χ3v) is 5.30. The van der Waals surface area contributed by atoms with Crippen LogP contribution in [0, 0.1) is 0 Å². The molecule has 1 aromatic rings. The Morgan fingerprint density at radius 3 is 2.50 bits per heavy atom. The van der Waals surface area contributed by atoms with Gasteiger partial charge in [-0.15, -0.1) is 0 Å². The largest absolute Gasteiger partial charge is 0.495 e. The second-order valence-electron chi connectivity index (χ2n) is 7.75. The monoisotopic (exact) mass is 409 g/mol. The maximum atomic E-state index is 12.9. The van der Waals surface area contributed by atoms with E-state index in [1.54, 1.807) is 30.1 Å². The number of ether oxygens (including phenoxy) is 1. The molecule has 1 aliphatic rings. The molecular formula is C21H32ClN3O3. The molecule has 1 N–H and O–H groups in total. The number of methoxy groups -OCH3 is 1. The van der Waals surface area contributed by atoms with Crippen LogP contribution in [0.2, 0.25) is 5.02 Å². The summed E-state index contributed by atoms with van der Waals surface area (Å²) in [5.41, 5.74) is 0.519. The average Bonchev–Trinajstić information content (AvgIpc) is 2.62. The summed E-state index contributed by atoms with van der Waals surface area (Å²) < 4.78 is 5.25. The number of amides is 2. The Balaban J connectivity index is 1.92. The molecule has 0 bridgehead atoms. The van der Waals surface area contributed by atoms with Gasteiger partial charge >= 0.3 is 0 Å². The van der Waals surface area contributed by atoms with Crippen molar-refractivity contribution in [3.8, 4) is 5.75 Å². The summed E-state index contributed by atoms with van der Waals surface area (Å²) in [5, 5.41) is 3.32. The molecule has 2 rings (SSSR count). The first-order valence-electron chi connectivity index (χ1n) is 9.95. The summed E-state index contributed by atoms with van der Waals surface area (Å²) in [6.45, 7) is 4.45. The predicted molar refractivity (Wildman–Crippen MR) is 113 cm³/mol. The molecule has 7 heteroatoms. The van der Waals surface area contributed by atoms with Crippen LogP contribution in [0.4, 0.5) is 5.69 Å². The summed E-state index contributed by atoms with van der Waals surface area (Å²) >= 11 is 6.00. The molecule has 6 nitrogen and oxygen atoms in total. The Morgan fingerprint density at radius 1 is 1.21 bits per heavy atom. The fraction of sp³-hybridized carbons (Fsp3) is 0.619. The van der Waals surface area contributed by atoms with Gasteiger partial charge in [0.2, 0.25) is 11.8 Å². The second-order valence-corrected chi connectivity index (χ2v) is 8.19. The quantitative estimate of drug-likeness (QED) is 0.709. The highest BCUT2D eigenvalue weighted by atomic mass is 35.5. The number of rotatable bonds is 8. The molecule has 0 saturated heterocycles. The molecule has 156 valence electrons. The van der Waals surface area contributed by atoms with Gasteiger partial charge in [-0.2, -0.15) is 0 Å². The van der Waals surface area contributed by atoms with Crippen LogP contribution in [0.25, 0.3) is 0 Å². The van der Waals surface area contributed by atoms with Crippen molar-refractivity contribution in [2.24, 2.45) is 0 Å². The zero-order chi connectivity index (χ0) is 20.7. The van der Waals surface area contributed by atoms with Crippen molar-refractivity contribution >= 4 is 29.1 Å². The molecule has 2 amide bonds. The van der Waals surface area contributed by atoms with Crippen molar-refractivity contribution in [1.29, 1.82) is 0 Å². The van der Waals surface area contributed by atoms with E-state index in [4.69, 9.17) is 16.3 Å². The van der Waals surface area contributed by atoms with E-state index in [9.17, 15) is 9.59 Å². The van der Waals surface area contributed by atoms with Crippen molar-refractivity contribution in [1.82, 2.24) is 9.80 Å². The Bertz CT molecular complexity index is 675. The maximum absolute atomic E-state index is 12.9. The molecule has 0 aromatic heterocycles. The van der Waals surface area contributed by atoms with Gasteiger partial charge in [0.25, 0.3) is 0 Å².